The van der Waals surface area contributed by atoms with Crippen molar-refractivity contribution in [2.75, 3.05) is 17.2 Å². The molecule has 0 aliphatic carbocycles. The van der Waals surface area contributed by atoms with E-state index in [2.05, 4.69) is 26.6 Å². The van der Waals surface area contributed by atoms with Gasteiger partial charge in [-0.15, -0.1) is 0 Å². The van der Waals surface area contributed by atoms with E-state index in [-0.39, 0.29) is 12.2 Å². The summed E-state index contributed by atoms with van der Waals surface area (Å²) in [6.45, 7) is -0.304. The van der Waals surface area contributed by atoms with E-state index in [0.717, 1.165) is 0 Å². The van der Waals surface area contributed by atoms with Crippen molar-refractivity contribution in [1.29, 1.82) is 5.26 Å². The highest BCUT2D eigenvalue weighted by molar-refractivity contribution is 9.10. The molecule has 33 heavy (non-hydrogen) atoms. The summed E-state index contributed by atoms with van der Waals surface area (Å²) in [5.41, 5.74) is 1.11. The molecule has 3 aromatic rings. The summed E-state index contributed by atoms with van der Waals surface area (Å²) in [7, 11) is 0. The molecule has 0 saturated carbocycles. The number of nitrogens with one attached hydrogen (secondary N) is 2. The Labute approximate surface area is 208 Å². The lowest BCUT2D eigenvalue weighted by Gasteiger charge is -2.11. The number of nitriles is 1. The largest absolute Gasteiger partial charge is 0.483 e. The third-order valence-corrected chi connectivity index (χ3v) is 5.42. The average Bonchev–Trinajstić information content (AvgIpc) is 2.79. The second-order valence-corrected chi connectivity index (χ2v) is 8.33. The molecule has 3 rings (SSSR count). The van der Waals surface area contributed by atoms with Gasteiger partial charge in [0, 0.05) is 10.0 Å². The molecule has 0 saturated heterocycles. The Hall–Kier alpha value is -3.31. The highest BCUT2D eigenvalue weighted by Gasteiger charge is 2.14. The summed E-state index contributed by atoms with van der Waals surface area (Å²) >= 11 is 15.5. The Balaban J connectivity index is 1.76. The lowest BCUT2D eigenvalue weighted by molar-refractivity contribution is -0.118. The molecule has 0 radical (unpaired) electrons. The number of rotatable bonds is 7. The van der Waals surface area contributed by atoms with E-state index in [0.29, 0.717) is 37.2 Å². The molecular formula is C24H16BrCl2N3O3. The van der Waals surface area contributed by atoms with Gasteiger partial charge in [0.2, 0.25) is 0 Å². The fraction of sp³-hybridized carbons (Fsp3) is 0.0417. The molecule has 0 bridgehead atoms. The van der Waals surface area contributed by atoms with Crippen LogP contribution in [0.3, 0.4) is 0 Å². The van der Waals surface area contributed by atoms with Crippen molar-refractivity contribution in [3.63, 3.8) is 0 Å². The van der Waals surface area contributed by atoms with Crippen LogP contribution in [0.25, 0.3) is 6.08 Å². The fourth-order valence-electron chi connectivity index (χ4n) is 2.71. The minimum absolute atomic E-state index is 0.168. The second-order valence-electron chi connectivity index (χ2n) is 6.60. The first-order chi connectivity index (χ1) is 15.9. The molecule has 0 atom stereocenters. The number of carbonyl (C=O) groups excluding carboxylic acids is 2. The lowest BCUT2D eigenvalue weighted by atomic mass is 10.1. The first-order valence-electron chi connectivity index (χ1n) is 9.52. The van der Waals surface area contributed by atoms with Crippen molar-refractivity contribution in [3.8, 4) is 11.8 Å². The third kappa shape index (κ3) is 6.83. The van der Waals surface area contributed by atoms with Crippen LogP contribution in [0.4, 0.5) is 11.4 Å². The van der Waals surface area contributed by atoms with Gasteiger partial charge in [0.25, 0.3) is 11.8 Å². The zero-order chi connectivity index (χ0) is 23.8. The van der Waals surface area contributed by atoms with Crippen molar-refractivity contribution >= 4 is 68.4 Å². The maximum Gasteiger partial charge on any atom is 0.266 e. The molecule has 9 heteroatoms. The highest BCUT2D eigenvalue weighted by Crippen LogP contribution is 2.27. The molecule has 2 amide bonds. The van der Waals surface area contributed by atoms with Gasteiger partial charge in [-0.1, -0.05) is 63.4 Å². The molecule has 0 aliphatic heterocycles. The van der Waals surface area contributed by atoms with Gasteiger partial charge in [-0.25, -0.2) is 0 Å². The maximum absolute atomic E-state index is 12.6. The quantitative estimate of drug-likeness (QED) is 0.269. The van der Waals surface area contributed by atoms with E-state index in [1.54, 1.807) is 66.7 Å². The van der Waals surface area contributed by atoms with Crippen LogP contribution in [-0.4, -0.2) is 18.4 Å². The fourth-order valence-corrected chi connectivity index (χ4v) is 3.46. The number of benzene rings is 3. The van der Waals surface area contributed by atoms with Gasteiger partial charge in [-0.2, -0.15) is 5.26 Å². The molecule has 0 unspecified atom stereocenters. The number of anilines is 2. The van der Waals surface area contributed by atoms with Crippen LogP contribution in [0, 0.1) is 11.3 Å². The average molecular weight is 545 g/mol. The van der Waals surface area contributed by atoms with Crippen molar-refractivity contribution < 1.29 is 14.3 Å². The smallest absolute Gasteiger partial charge is 0.266 e. The number of para-hydroxylation sites is 2. The van der Waals surface area contributed by atoms with Crippen molar-refractivity contribution in [3.05, 3.63) is 92.4 Å². The minimum atomic E-state index is -0.631. The molecule has 0 aliphatic rings. The normalized spacial score (nSPS) is 10.8. The summed E-state index contributed by atoms with van der Waals surface area (Å²) < 4.78 is 6.35. The zero-order valence-corrected chi connectivity index (χ0v) is 20.0. The summed E-state index contributed by atoms with van der Waals surface area (Å²) in [6.07, 6.45) is 1.37. The van der Waals surface area contributed by atoms with Crippen molar-refractivity contribution in [1.82, 2.24) is 0 Å². The predicted octanol–water partition coefficient (Wildman–Crippen LogP) is 6.32. The van der Waals surface area contributed by atoms with E-state index in [1.165, 1.54) is 6.08 Å². The SMILES string of the molecule is N#C/C(=C\c1cc(Br)ccc1OCC(=O)Nc1ccccc1Cl)C(=O)Nc1ccccc1Cl. The van der Waals surface area contributed by atoms with E-state index >= 15 is 0 Å². The van der Waals surface area contributed by atoms with E-state index in [1.807, 2.05) is 6.07 Å². The number of ether oxygens (including phenoxy) is 1. The molecule has 0 spiro atoms. The van der Waals surface area contributed by atoms with Gasteiger partial charge >= 0.3 is 0 Å². The molecule has 2 N–H and O–H groups in total. The van der Waals surface area contributed by atoms with Crippen LogP contribution in [0.2, 0.25) is 10.0 Å². The minimum Gasteiger partial charge on any atom is -0.483 e. The molecular weight excluding hydrogens is 529 g/mol. The van der Waals surface area contributed by atoms with E-state index in [9.17, 15) is 14.9 Å². The number of hydrogen-bond acceptors (Lipinski definition) is 4. The van der Waals surface area contributed by atoms with Crippen molar-refractivity contribution in [2.24, 2.45) is 0 Å². The number of halogens is 3. The number of hydrogen-bond donors (Lipinski definition) is 2. The highest BCUT2D eigenvalue weighted by atomic mass is 79.9. The lowest BCUT2D eigenvalue weighted by Crippen LogP contribution is -2.20. The monoisotopic (exact) mass is 543 g/mol. The molecule has 0 heterocycles. The summed E-state index contributed by atoms with van der Waals surface area (Å²) in [4.78, 5) is 24.9. The van der Waals surface area contributed by atoms with Crippen LogP contribution in [0.5, 0.6) is 5.75 Å². The second kappa shape index (κ2) is 11.5. The van der Waals surface area contributed by atoms with Gasteiger partial charge in [0.1, 0.15) is 17.4 Å². The van der Waals surface area contributed by atoms with Crippen LogP contribution < -0.4 is 15.4 Å². The van der Waals surface area contributed by atoms with Crippen LogP contribution in [-0.2, 0) is 9.59 Å². The number of carbonyl (C=O) groups is 2. The van der Waals surface area contributed by atoms with Gasteiger partial charge < -0.3 is 15.4 Å². The number of amides is 2. The predicted molar refractivity (Wildman–Crippen MR) is 133 cm³/mol. The third-order valence-electron chi connectivity index (χ3n) is 4.27. The van der Waals surface area contributed by atoms with Gasteiger partial charge in [-0.05, 0) is 48.5 Å². The Morgan fingerprint density at radius 1 is 0.970 bits per heavy atom. The summed E-state index contributed by atoms with van der Waals surface area (Å²) in [6, 6.07) is 20.4. The Kier molecular flexibility index (Phi) is 8.50. The molecule has 0 aromatic heterocycles. The topological polar surface area (TPSA) is 91.2 Å². The summed E-state index contributed by atoms with van der Waals surface area (Å²) in [5, 5.41) is 15.6. The maximum atomic E-state index is 12.6. The molecule has 166 valence electrons. The zero-order valence-electron chi connectivity index (χ0n) is 16.9. The van der Waals surface area contributed by atoms with Crippen LogP contribution in [0.15, 0.2) is 76.8 Å². The van der Waals surface area contributed by atoms with Gasteiger partial charge in [0.05, 0.1) is 21.4 Å². The van der Waals surface area contributed by atoms with Crippen LogP contribution >= 0.6 is 39.1 Å². The Morgan fingerprint density at radius 2 is 1.58 bits per heavy atom. The molecule has 6 nitrogen and oxygen atoms in total. The molecule has 0 fully saturated rings. The number of nitrogens with zero attached hydrogens (tertiary/aromatic N) is 1. The van der Waals surface area contributed by atoms with Gasteiger partial charge in [-0.3, -0.25) is 9.59 Å². The Morgan fingerprint density at radius 3 is 2.18 bits per heavy atom. The standard InChI is InChI=1S/C24H16BrCl2N3O3/c25-17-9-10-22(33-14-23(31)29-20-7-3-1-5-18(20)26)15(12-17)11-16(13-28)24(32)30-21-8-4-2-6-19(21)27/h1-12H,14H2,(H,29,31)(H,30,32)/b16-11+. The Bertz CT molecular complexity index is 1270. The van der Waals surface area contributed by atoms with Crippen molar-refractivity contribution in [2.45, 2.75) is 0 Å². The first kappa shape index (κ1) is 24.3. The summed E-state index contributed by atoms with van der Waals surface area (Å²) in [5.74, 6) is -0.739. The van der Waals surface area contributed by atoms with Crippen LogP contribution in [0.1, 0.15) is 5.56 Å². The van der Waals surface area contributed by atoms with E-state index < -0.39 is 11.8 Å². The first-order valence-corrected chi connectivity index (χ1v) is 11.1. The molecule has 3 aromatic carbocycles. The van der Waals surface area contributed by atoms with E-state index in [4.69, 9.17) is 27.9 Å². The van der Waals surface area contributed by atoms with Gasteiger partial charge in [0.15, 0.2) is 6.61 Å².